The van der Waals surface area contributed by atoms with Gasteiger partial charge in [0.2, 0.25) is 10.0 Å². The minimum atomic E-state index is -4.01. The number of halogens is 1. The minimum absolute atomic E-state index is 0.0960. The molecule has 0 saturated carbocycles. The van der Waals surface area contributed by atoms with Gasteiger partial charge in [0.1, 0.15) is 5.82 Å². The van der Waals surface area contributed by atoms with E-state index in [1.165, 1.54) is 4.31 Å². The molecule has 23 heavy (non-hydrogen) atoms. The van der Waals surface area contributed by atoms with Crippen LogP contribution in [0, 0.1) is 17.7 Å². The van der Waals surface area contributed by atoms with Gasteiger partial charge in [-0.15, -0.1) is 0 Å². The molecule has 130 valence electrons. The third kappa shape index (κ3) is 5.00. The number of benzene rings is 1. The van der Waals surface area contributed by atoms with Crippen molar-refractivity contribution in [1.82, 2.24) is 4.31 Å². The lowest BCUT2D eigenvalue weighted by atomic mass is 10.2. The fourth-order valence-electron chi connectivity index (χ4n) is 2.21. The summed E-state index contributed by atoms with van der Waals surface area (Å²) in [6.45, 7) is 8.17. The lowest BCUT2D eigenvalue weighted by Crippen LogP contribution is -2.37. The SMILES string of the molecule is COC(=O)c1ccc(F)cc1S(=O)(=O)N(CC(C)C)CC(C)C. The van der Waals surface area contributed by atoms with Gasteiger partial charge in [-0.25, -0.2) is 17.6 Å². The maximum Gasteiger partial charge on any atom is 0.339 e. The quantitative estimate of drug-likeness (QED) is 0.713. The van der Waals surface area contributed by atoms with Gasteiger partial charge in [0, 0.05) is 13.1 Å². The molecular formula is C16H24FNO4S. The van der Waals surface area contributed by atoms with Crippen LogP contribution in [0.25, 0.3) is 0 Å². The van der Waals surface area contributed by atoms with Gasteiger partial charge in [-0.1, -0.05) is 27.7 Å². The van der Waals surface area contributed by atoms with Crippen molar-refractivity contribution in [3.05, 3.63) is 29.6 Å². The number of carbonyl (C=O) groups is 1. The number of hydrogen-bond acceptors (Lipinski definition) is 4. The van der Waals surface area contributed by atoms with Crippen molar-refractivity contribution in [3.63, 3.8) is 0 Å². The fraction of sp³-hybridized carbons (Fsp3) is 0.562. The summed E-state index contributed by atoms with van der Waals surface area (Å²) in [4.78, 5) is 11.5. The molecule has 0 radical (unpaired) electrons. The Morgan fingerprint density at radius 2 is 1.70 bits per heavy atom. The van der Waals surface area contributed by atoms with Crippen molar-refractivity contribution in [2.75, 3.05) is 20.2 Å². The molecule has 1 aromatic rings. The highest BCUT2D eigenvalue weighted by molar-refractivity contribution is 7.89. The Morgan fingerprint density at radius 1 is 1.17 bits per heavy atom. The lowest BCUT2D eigenvalue weighted by molar-refractivity contribution is 0.0596. The third-order valence-electron chi connectivity index (χ3n) is 3.10. The number of hydrogen-bond donors (Lipinski definition) is 0. The Labute approximate surface area is 137 Å². The van der Waals surface area contributed by atoms with Gasteiger partial charge < -0.3 is 4.74 Å². The zero-order valence-corrected chi connectivity index (χ0v) is 15.0. The molecule has 0 saturated heterocycles. The maximum absolute atomic E-state index is 13.6. The molecule has 0 N–H and O–H groups in total. The predicted molar refractivity (Wildman–Crippen MR) is 86.2 cm³/mol. The van der Waals surface area contributed by atoms with Crippen LogP contribution in [0.4, 0.5) is 4.39 Å². The van der Waals surface area contributed by atoms with E-state index in [-0.39, 0.29) is 35.4 Å². The first kappa shape index (κ1) is 19.6. The molecular weight excluding hydrogens is 321 g/mol. The highest BCUT2D eigenvalue weighted by Gasteiger charge is 2.30. The lowest BCUT2D eigenvalue weighted by Gasteiger charge is -2.26. The van der Waals surface area contributed by atoms with E-state index in [1.54, 1.807) is 0 Å². The number of carbonyl (C=O) groups excluding carboxylic acids is 1. The molecule has 0 spiro atoms. The molecule has 0 aliphatic carbocycles. The van der Waals surface area contributed by atoms with Crippen LogP contribution in [0.1, 0.15) is 38.1 Å². The first-order chi connectivity index (χ1) is 10.6. The normalized spacial score (nSPS) is 12.2. The molecule has 0 unspecified atom stereocenters. The third-order valence-corrected chi connectivity index (χ3v) is 4.98. The number of methoxy groups -OCH3 is 1. The van der Waals surface area contributed by atoms with Crippen LogP contribution < -0.4 is 0 Å². The van der Waals surface area contributed by atoms with E-state index >= 15 is 0 Å². The van der Waals surface area contributed by atoms with Crippen LogP contribution in [0.3, 0.4) is 0 Å². The van der Waals surface area contributed by atoms with Crippen molar-refractivity contribution >= 4 is 16.0 Å². The second-order valence-corrected chi connectivity index (χ2v) is 8.15. The molecule has 0 atom stereocenters. The van der Waals surface area contributed by atoms with Gasteiger partial charge >= 0.3 is 5.97 Å². The van der Waals surface area contributed by atoms with E-state index < -0.39 is 21.8 Å². The Balaban J connectivity index is 3.44. The second-order valence-electron chi connectivity index (χ2n) is 6.24. The van der Waals surface area contributed by atoms with E-state index in [0.717, 1.165) is 25.3 Å². The Kier molecular flexibility index (Phi) is 6.70. The smallest absolute Gasteiger partial charge is 0.339 e. The molecule has 0 aliphatic rings. The summed E-state index contributed by atoms with van der Waals surface area (Å²) >= 11 is 0. The van der Waals surface area contributed by atoms with Crippen molar-refractivity contribution in [2.24, 2.45) is 11.8 Å². The first-order valence-corrected chi connectivity index (χ1v) is 8.91. The van der Waals surface area contributed by atoms with E-state index in [1.807, 2.05) is 27.7 Å². The molecule has 5 nitrogen and oxygen atoms in total. The molecule has 7 heteroatoms. The number of nitrogens with zero attached hydrogens (tertiary/aromatic N) is 1. The fourth-order valence-corrected chi connectivity index (χ4v) is 4.17. The average Bonchev–Trinajstić information content (AvgIpc) is 2.44. The van der Waals surface area contributed by atoms with Crippen LogP contribution in [0.15, 0.2) is 23.1 Å². The Hall–Kier alpha value is -1.47. The molecule has 0 aromatic heterocycles. The molecule has 0 heterocycles. The van der Waals surface area contributed by atoms with E-state index in [0.29, 0.717) is 0 Å². The number of rotatable bonds is 7. The zero-order chi connectivity index (χ0) is 17.8. The average molecular weight is 345 g/mol. The van der Waals surface area contributed by atoms with Crippen molar-refractivity contribution < 1.29 is 22.3 Å². The van der Waals surface area contributed by atoms with Gasteiger partial charge in [-0.3, -0.25) is 0 Å². The van der Waals surface area contributed by atoms with Gasteiger partial charge in [0.15, 0.2) is 0 Å². The van der Waals surface area contributed by atoms with E-state index in [4.69, 9.17) is 0 Å². The highest BCUT2D eigenvalue weighted by Crippen LogP contribution is 2.24. The number of ether oxygens (including phenoxy) is 1. The Morgan fingerprint density at radius 3 is 2.13 bits per heavy atom. The number of sulfonamides is 1. The van der Waals surface area contributed by atoms with Crippen molar-refractivity contribution in [1.29, 1.82) is 0 Å². The monoisotopic (exact) mass is 345 g/mol. The van der Waals surface area contributed by atoms with Crippen LogP contribution in [-0.2, 0) is 14.8 Å². The summed E-state index contributed by atoms with van der Waals surface area (Å²) < 4.78 is 45.4. The molecule has 0 bridgehead atoms. The highest BCUT2D eigenvalue weighted by atomic mass is 32.2. The van der Waals surface area contributed by atoms with Crippen LogP contribution >= 0.6 is 0 Å². The van der Waals surface area contributed by atoms with Gasteiger partial charge in [-0.2, -0.15) is 4.31 Å². The van der Waals surface area contributed by atoms with Crippen molar-refractivity contribution in [3.8, 4) is 0 Å². The summed E-state index contributed by atoms with van der Waals surface area (Å²) in [7, 11) is -2.85. The van der Waals surface area contributed by atoms with Crippen molar-refractivity contribution in [2.45, 2.75) is 32.6 Å². The summed E-state index contributed by atoms with van der Waals surface area (Å²) in [5, 5.41) is 0. The largest absolute Gasteiger partial charge is 0.465 e. The first-order valence-electron chi connectivity index (χ1n) is 7.47. The second kappa shape index (κ2) is 7.88. The summed E-state index contributed by atoms with van der Waals surface area (Å²) in [5.74, 6) is -1.33. The summed E-state index contributed by atoms with van der Waals surface area (Å²) in [6.07, 6.45) is 0. The maximum atomic E-state index is 13.6. The van der Waals surface area contributed by atoms with Crippen LogP contribution in [0.2, 0.25) is 0 Å². The predicted octanol–water partition coefficient (Wildman–Crippen LogP) is 2.92. The van der Waals surface area contributed by atoms with Gasteiger partial charge in [0.05, 0.1) is 17.6 Å². The Bertz CT molecular complexity index is 646. The van der Waals surface area contributed by atoms with Crippen LogP contribution in [-0.4, -0.2) is 38.9 Å². The van der Waals surface area contributed by atoms with E-state index in [9.17, 15) is 17.6 Å². The molecule has 0 aliphatic heterocycles. The van der Waals surface area contributed by atoms with Gasteiger partial charge in [-0.05, 0) is 30.0 Å². The van der Waals surface area contributed by atoms with Crippen LogP contribution in [0.5, 0.6) is 0 Å². The molecule has 1 rings (SSSR count). The molecule has 0 fully saturated rings. The zero-order valence-electron chi connectivity index (χ0n) is 14.2. The standard InChI is InChI=1S/C16H24FNO4S/c1-11(2)9-18(10-12(3)4)23(20,21)15-8-13(17)6-7-14(15)16(19)22-5/h6-8,11-12H,9-10H2,1-5H3. The summed E-state index contributed by atoms with van der Waals surface area (Å²) in [6, 6.07) is 3.05. The molecule has 0 amide bonds. The van der Waals surface area contributed by atoms with E-state index in [2.05, 4.69) is 4.74 Å². The van der Waals surface area contributed by atoms with Gasteiger partial charge in [0.25, 0.3) is 0 Å². The summed E-state index contributed by atoms with van der Waals surface area (Å²) in [5.41, 5.74) is -0.161. The number of esters is 1. The molecule has 1 aromatic carbocycles. The minimum Gasteiger partial charge on any atom is -0.465 e. The topological polar surface area (TPSA) is 63.7 Å².